The van der Waals surface area contributed by atoms with Crippen LogP contribution >= 0.6 is 0 Å². The van der Waals surface area contributed by atoms with Crippen molar-refractivity contribution in [2.24, 2.45) is 0 Å². The van der Waals surface area contributed by atoms with Gasteiger partial charge in [0.1, 0.15) is 0 Å². The van der Waals surface area contributed by atoms with E-state index in [1.165, 1.54) is 0 Å². The molecule has 2 heterocycles. The molecule has 0 aliphatic carbocycles. The van der Waals surface area contributed by atoms with Crippen molar-refractivity contribution in [1.29, 1.82) is 0 Å². The van der Waals surface area contributed by atoms with Gasteiger partial charge in [0, 0.05) is 6.54 Å². The Balaban J connectivity index is 2.37. The van der Waals surface area contributed by atoms with Gasteiger partial charge in [-0.15, -0.1) is 19.6 Å². The van der Waals surface area contributed by atoms with Gasteiger partial charge in [-0.3, -0.25) is 0 Å². The molecule has 0 atom stereocenters. The van der Waals surface area contributed by atoms with Crippen LogP contribution in [0.25, 0.3) is 5.95 Å². The van der Waals surface area contributed by atoms with Gasteiger partial charge in [-0.05, 0) is 13.0 Å². The molecule has 14 heavy (non-hydrogen) atoms. The van der Waals surface area contributed by atoms with Crippen molar-refractivity contribution >= 4 is 5.95 Å². The highest BCUT2D eigenvalue weighted by Gasteiger charge is 2.13. The molecule has 0 aliphatic heterocycles. The minimum absolute atomic E-state index is 0.570. The number of nitrogens with zero attached hydrogens (tertiary/aromatic N) is 4. The molecule has 2 aromatic rings. The minimum atomic E-state index is 0.570. The average Bonchev–Trinajstić information content (AvgIpc) is 2.68. The van der Waals surface area contributed by atoms with Crippen LogP contribution < -0.4 is 10.00 Å². The van der Waals surface area contributed by atoms with E-state index in [4.69, 9.17) is 0 Å². The van der Waals surface area contributed by atoms with Gasteiger partial charge in [-0.1, -0.05) is 0 Å². The average molecular weight is 191 g/mol. The highest BCUT2D eigenvalue weighted by atomic mass is 15.4. The van der Waals surface area contributed by atoms with E-state index in [-0.39, 0.29) is 0 Å². The van der Waals surface area contributed by atoms with Crippen molar-refractivity contribution in [2.45, 2.75) is 6.92 Å². The molecule has 0 radical (unpaired) electrons. The first-order valence-electron chi connectivity index (χ1n) is 4.38. The van der Waals surface area contributed by atoms with Gasteiger partial charge in [-0.2, -0.15) is 0 Å². The molecule has 0 aromatic carbocycles. The number of hydrogen-bond donors (Lipinski definition) is 2. The second kappa shape index (κ2) is 3.82. The standard InChI is InChI=1S/C8H10N6/c1-2-9-7-12-6-13-14(7)8-10-4-3-5-11-8/h3-6H,2H2,1H3,(H,9,12,13)/p+1. The lowest BCUT2D eigenvalue weighted by Crippen LogP contribution is -2.38. The van der Waals surface area contributed by atoms with Crippen LogP contribution in [0.4, 0.5) is 5.95 Å². The van der Waals surface area contributed by atoms with Crippen LogP contribution in [-0.2, 0) is 0 Å². The molecule has 0 spiro atoms. The van der Waals surface area contributed by atoms with Crippen LogP contribution in [-0.4, -0.2) is 26.6 Å². The third-order valence-corrected chi connectivity index (χ3v) is 1.67. The van der Waals surface area contributed by atoms with Crippen molar-refractivity contribution in [3.05, 3.63) is 24.8 Å². The number of anilines is 1. The molecular formula is C8H11N6+. The van der Waals surface area contributed by atoms with Crippen molar-refractivity contribution in [1.82, 2.24) is 20.1 Å². The van der Waals surface area contributed by atoms with E-state index < -0.39 is 0 Å². The van der Waals surface area contributed by atoms with Crippen LogP contribution in [0.5, 0.6) is 0 Å². The van der Waals surface area contributed by atoms with E-state index >= 15 is 0 Å². The van der Waals surface area contributed by atoms with Crippen molar-refractivity contribution in [2.75, 3.05) is 11.9 Å². The zero-order chi connectivity index (χ0) is 9.80. The van der Waals surface area contributed by atoms with Gasteiger partial charge >= 0.3 is 11.9 Å². The molecule has 0 amide bonds. The van der Waals surface area contributed by atoms with E-state index in [9.17, 15) is 0 Å². The molecule has 6 heteroatoms. The SMILES string of the molecule is CCNc1nc[nH][n+]1-c1ncccn1. The van der Waals surface area contributed by atoms with Crippen LogP contribution in [0, 0.1) is 0 Å². The van der Waals surface area contributed by atoms with Crippen LogP contribution in [0.15, 0.2) is 24.8 Å². The summed E-state index contributed by atoms with van der Waals surface area (Å²) >= 11 is 0. The second-order valence-corrected chi connectivity index (χ2v) is 2.63. The molecule has 0 fully saturated rings. The van der Waals surface area contributed by atoms with Crippen molar-refractivity contribution in [3.63, 3.8) is 0 Å². The van der Waals surface area contributed by atoms with E-state index in [0.717, 1.165) is 6.54 Å². The number of aromatic amines is 1. The molecule has 2 aromatic heterocycles. The third kappa shape index (κ3) is 1.54. The zero-order valence-electron chi connectivity index (χ0n) is 7.81. The number of rotatable bonds is 3. The summed E-state index contributed by atoms with van der Waals surface area (Å²) in [6, 6.07) is 1.77. The molecule has 0 saturated carbocycles. The van der Waals surface area contributed by atoms with E-state index in [1.807, 2.05) is 6.92 Å². The Hall–Kier alpha value is -1.98. The molecule has 6 nitrogen and oxygen atoms in total. The second-order valence-electron chi connectivity index (χ2n) is 2.63. The Morgan fingerprint density at radius 2 is 2.14 bits per heavy atom. The molecule has 2 rings (SSSR count). The normalized spacial score (nSPS) is 10.1. The molecule has 0 unspecified atom stereocenters. The zero-order valence-corrected chi connectivity index (χ0v) is 7.81. The van der Waals surface area contributed by atoms with E-state index in [1.54, 1.807) is 29.5 Å². The maximum absolute atomic E-state index is 4.10. The lowest BCUT2D eigenvalue weighted by atomic mass is 10.7. The molecule has 72 valence electrons. The van der Waals surface area contributed by atoms with Gasteiger partial charge in [0.2, 0.25) is 0 Å². The fourth-order valence-electron chi connectivity index (χ4n) is 1.11. The molecular weight excluding hydrogens is 180 g/mol. The quantitative estimate of drug-likeness (QED) is 0.665. The first-order chi connectivity index (χ1) is 6.92. The van der Waals surface area contributed by atoms with Gasteiger partial charge in [0.25, 0.3) is 0 Å². The largest absolute Gasteiger partial charge is 0.377 e. The lowest BCUT2D eigenvalue weighted by molar-refractivity contribution is -0.649. The highest BCUT2D eigenvalue weighted by molar-refractivity contribution is 5.16. The Bertz CT molecular complexity index is 395. The molecule has 0 bridgehead atoms. The Morgan fingerprint density at radius 1 is 1.36 bits per heavy atom. The highest BCUT2D eigenvalue weighted by Crippen LogP contribution is 1.94. The third-order valence-electron chi connectivity index (χ3n) is 1.67. The predicted octanol–water partition coefficient (Wildman–Crippen LogP) is -0.0918. The molecule has 0 aliphatic rings. The summed E-state index contributed by atoms with van der Waals surface area (Å²) in [6.45, 7) is 2.81. The summed E-state index contributed by atoms with van der Waals surface area (Å²) in [5, 5.41) is 6.02. The topological polar surface area (TPSA) is 70.4 Å². The van der Waals surface area contributed by atoms with Gasteiger partial charge in [0.15, 0.2) is 6.33 Å². The monoisotopic (exact) mass is 191 g/mol. The smallest absolute Gasteiger partial charge is 0.305 e. The summed E-state index contributed by atoms with van der Waals surface area (Å²) in [4.78, 5) is 12.3. The number of aromatic nitrogens is 5. The molecule has 0 saturated heterocycles. The maximum Gasteiger partial charge on any atom is 0.377 e. The Labute approximate surface area is 81.0 Å². The van der Waals surface area contributed by atoms with Crippen LogP contribution in [0.1, 0.15) is 6.92 Å². The maximum atomic E-state index is 4.10. The Morgan fingerprint density at radius 3 is 2.86 bits per heavy atom. The van der Waals surface area contributed by atoms with Crippen LogP contribution in [0.3, 0.4) is 0 Å². The van der Waals surface area contributed by atoms with Gasteiger partial charge < -0.3 is 5.32 Å². The number of H-pyrrole nitrogens is 1. The molecule has 2 N–H and O–H groups in total. The van der Waals surface area contributed by atoms with Crippen molar-refractivity contribution < 1.29 is 4.68 Å². The number of hydrogen-bond acceptors (Lipinski definition) is 4. The van der Waals surface area contributed by atoms with Crippen molar-refractivity contribution in [3.8, 4) is 5.95 Å². The summed E-state index contributed by atoms with van der Waals surface area (Å²) in [6.07, 6.45) is 4.96. The Kier molecular flexibility index (Phi) is 2.35. The summed E-state index contributed by atoms with van der Waals surface area (Å²) in [5.74, 6) is 1.28. The fourth-order valence-corrected chi connectivity index (χ4v) is 1.11. The minimum Gasteiger partial charge on any atom is -0.305 e. The van der Waals surface area contributed by atoms with Gasteiger partial charge in [0.05, 0.1) is 12.4 Å². The fraction of sp³-hybridized carbons (Fsp3) is 0.250. The summed E-state index contributed by atoms with van der Waals surface area (Å²) < 4.78 is 1.68. The van der Waals surface area contributed by atoms with Crippen LogP contribution in [0.2, 0.25) is 0 Å². The van der Waals surface area contributed by atoms with E-state index in [0.29, 0.717) is 11.9 Å². The lowest BCUT2D eigenvalue weighted by Gasteiger charge is -1.96. The predicted molar refractivity (Wildman–Crippen MR) is 49.9 cm³/mol. The first-order valence-corrected chi connectivity index (χ1v) is 4.38. The first kappa shape index (κ1) is 8.61. The summed E-state index contributed by atoms with van der Waals surface area (Å²) in [7, 11) is 0. The van der Waals surface area contributed by atoms with E-state index in [2.05, 4.69) is 25.4 Å². The summed E-state index contributed by atoms with van der Waals surface area (Å²) in [5.41, 5.74) is 0. The van der Waals surface area contributed by atoms with Gasteiger partial charge in [-0.25, -0.2) is 5.10 Å². The number of nitrogens with one attached hydrogen (secondary N) is 2.